The van der Waals surface area contributed by atoms with Crippen molar-refractivity contribution in [1.29, 1.82) is 0 Å². The molecule has 1 unspecified atom stereocenters. The summed E-state index contributed by atoms with van der Waals surface area (Å²) in [6.45, 7) is 1.81. The third kappa shape index (κ3) is 6.94. The minimum absolute atomic E-state index is 0.0319. The maximum atomic E-state index is 11.9. The van der Waals surface area contributed by atoms with Gasteiger partial charge in [-0.05, 0) is 109 Å². The van der Waals surface area contributed by atoms with Crippen LogP contribution in [-0.2, 0) is 21.9 Å². The monoisotopic (exact) mass is 666 g/mol. The van der Waals surface area contributed by atoms with Gasteiger partial charge in [-0.25, -0.2) is 18.4 Å². The molecule has 41 heavy (non-hydrogen) atoms. The van der Waals surface area contributed by atoms with Crippen LogP contribution in [0.5, 0.6) is 5.75 Å². The van der Waals surface area contributed by atoms with Crippen molar-refractivity contribution in [3.63, 3.8) is 0 Å². The highest BCUT2D eigenvalue weighted by molar-refractivity contribution is 9.11. The van der Waals surface area contributed by atoms with Gasteiger partial charge in [-0.1, -0.05) is 33.6 Å². The molecule has 0 saturated heterocycles. The Hall–Kier alpha value is -2.11. The van der Waals surface area contributed by atoms with E-state index < -0.39 is 22.1 Å². The second kappa shape index (κ2) is 12.2. The number of sulfonamides is 1. The van der Waals surface area contributed by atoms with Crippen molar-refractivity contribution in [3.05, 3.63) is 68.7 Å². The van der Waals surface area contributed by atoms with E-state index in [1.165, 1.54) is 11.1 Å². The number of hydrogen-bond acceptors (Lipinski definition) is 6. The number of primary sulfonamides is 1. The Morgan fingerprint density at radius 2 is 2.07 bits per heavy atom. The van der Waals surface area contributed by atoms with Gasteiger partial charge < -0.3 is 19.8 Å². The molecule has 8 nitrogen and oxygen atoms in total. The average Bonchev–Trinajstić information content (AvgIpc) is 3.02. The third-order valence-electron chi connectivity index (χ3n) is 8.85. The zero-order chi connectivity index (χ0) is 29.4. The molecule has 2 aromatic carbocycles. The van der Waals surface area contributed by atoms with Crippen LogP contribution in [0.1, 0.15) is 60.0 Å². The zero-order valence-electron chi connectivity index (χ0n) is 22.8. The molecular weight excluding hydrogens is 632 g/mol. The van der Waals surface area contributed by atoms with Crippen molar-refractivity contribution >= 4 is 49.2 Å². The van der Waals surface area contributed by atoms with Crippen molar-refractivity contribution in [2.24, 2.45) is 17.0 Å². The van der Waals surface area contributed by atoms with Crippen molar-refractivity contribution in [3.8, 4) is 5.75 Å². The predicted octanol–water partition coefficient (Wildman–Crippen LogP) is 5.25. The Morgan fingerprint density at radius 3 is 2.78 bits per heavy atom. The molecule has 0 radical (unpaired) electrons. The van der Waals surface area contributed by atoms with Crippen LogP contribution in [0.25, 0.3) is 0 Å². The van der Waals surface area contributed by atoms with Gasteiger partial charge in [-0.2, -0.15) is 0 Å². The first-order valence-electron chi connectivity index (χ1n) is 14.0. The molecule has 0 aromatic heterocycles. The summed E-state index contributed by atoms with van der Waals surface area (Å²) < 4.78 is 29.7. The number of rotatable bonds is 9. The molecule has 1 aliphatic heterocycles. The number of allylic oxidation sites excluding steroid dienone is 1. The standard InChI is InChI=1S/C30H36BrClN2O6S/c31-22(4-2-12-41(33,38)39)15-27(35)24-8-5-21(24)16-34-17-30(11-1-3-19-13-23(32)7-9-25(19)30)18-40-28-10-6-20(29(36)37)14-26(28)34/h6-7,9-10,13-15,21,24,27,35H,1-5,8,11-12,16-18H2,(H,36,37)(H2,33,38,39)/b22-15-/t21-,24+,27+,30?/m0/s1. The minimum atomic E-state index is -3.52. The third-order valence-corrected chi connectivity index (χ3v) is 10.6. The van der Waals surface area contributed by atoms with Gasteiger partial charge in [0.15, 0.2) is 0 Å². The van der Waals surface area contributed by atoms with Gasteiger partial charge in [-0.15, -0.1) is 0 Å². The zero-order valence-corrected chi connectivity index (χ0v) is 25.9. The molecule has 1 saturated carbocycles. The van der Waals surface area contributed by atoms with E-state index in [1.54, 1.807) is 24.3 Å². The lowest BCUT2D eigenvalue weighted by Gasteiger charge is -2.45. The first-order chi connectivity index (χ1) is 19.4. The number of nitrogens with two attached hydrogens (primary N) is 1. The number of benzene rings is 2. The fourth-order valence-corrected chi connectivity index (χ4v) is 7.93. The van der Waals surface area contributed by atoms with Crippen LogP contribution in [0, 0.1) is 11.8 Å². The van der Waals surface area contributed by atoms with Crippen molar-refractivity contribution < 1.29 is 28.2 Å². The molecule has 1 heterocycles. The van der Waals surface area contributed by atoms with Crippen LogP contribution in [0.15, 0.2) is 47.0 Å². The highest BCUT2D eigenvalue weighted by Gasteiger charge is 2.44. The average molecular weight is 668 g/mol. The maximum absolute atomic E-state index is 11.9. The lowest BCUT2D eigenvalue weighted by Crippen LogP contribution is -2.49. The molecule has 4 atom stereocenters. The quantitative estimate of drug-likeness (QED) is 0.333. The lowest BCUT2D eigenvalue weighted by atomic mass is 9.68. The highest BCUT2D eigenvalue weighted by Crippen LogP contribution is 2.46. The van der Waals surface area contributed by atoms with Gasteiger partial charge in [0.05, 0.1) is 29.7 Å². The number of ether oxygens (including phenoxy) is 1. The van der Waals surface area contributed by atoms with E-state index in [0.717, 1.165) is 47.3 Å². The summed E-state index contributed by atoms with van der Waals surface area (Å²) in [6, 6.07) is 11.1. The number of hydrogen-bond donors (Lipinski definition) is 3. The largest absolute Gasteiger partial charge is 0.490 e. The Balaban J connectivity index is 1.40. The fraction of sp³-hybridized carbons (Fsp3) is 0.500. The molecule has 222 valence electrons. The Kier molecular flexibility index (Phi) is 9.07. The summed E-state index contributed by atoms with van der Waals surface area (Å²) in [5, 5.41) is 26.6. The number of aromatic carboxylic acids is 1. The number of carboxylic acid groups (broad SMARTS) is 1. The smallest absolute Gasteiger partial charge is 0.335 e. The van der Waals surface area contributed by atoms with Gasteiger partial charge in [-0.3, -0.25) is 0 Å². The Bertz CT molecular complexity index is 1450. The molecule has 1 fully saturated rings. The van der Waals surface area contributed by atoms with Gasteiger partial charge in [0.25, 0.3) is 0 Å². The fourth-order valence-electron chi connectivity index (χ4n) is 6.64. The van der Waals surface area contributed by atoms with Gasteiger partial charge in [0, 0.05) is 23.5 Å². The predicted molar refractivity (Wildman–Crippen MR) is 164 cm³/mol. The number of carboxylic acids is 1. The number of fused-ring (bicyclic) bond motifs is 3. The molecule has 11 heteroatoms. The Morgan fingerprint density at radius 1 is 1.27 bits per heavy atom. The molecule has 3 aliphatic rings. The Labute approximate surface area is 254 Å². The number of aliphatic hydroxyl groups excluding tert-OH is 1. The van der Waals surface area contributed by atoms with Crippen LogP contribution in [0.3, 0.4) is 0 Å². The van der Waals surface area contributed by atoms with E-state index in [0.29, 0.717) is 38.3 Å². The van der Waals surface area contributed by atoms with E-state index >= 15 is 0 Å². The molecule has 0 amide bonds. The number of carbonyl (C=O) groups is 1. The molecule has 1 spiro atoms. The van der Waals surface area contributed by atoms with E-state index in [9.17, 15) is 23.4 Å². The van der Waals surface area contributed by atoms with E-state index in [4.69, 9.17) is 21.5 Å². The second-order valence-corrected chi connectivity index (χ2v) is 14.9. The normalized spacial score (nSPS) is 25.0. The maximum Gasteiger partial charge on any atom is 0.335 e. The summed E-state index contributed by atoms with van der Waals surface area (Å²) in [5.74, 6) is -0.204. The number of anilines is 1. The number of aryl methyl sites for hydroxylation is 1. The minimum Gasteiger partial charge on any atom is -0.490 e. The van der Waals surface area contributed by atoms with Crippen LogP contribution >= 0.6 is 27.5 Å². The van der Waals surface area contributed by atoms with Crippen LogP contribution in [0.2, 0.25) is 5.02 Å². The highest BCUT2D eigenvalue weighted by atomic mass is 79.9. The molecule has 2 aliphatic carbocycles. The SMILES string of the molecule is NS(=O)(=O)CCC/C(Br)=C/[C@@H](O)[C@@H]1CC[C@H]1CN1CC2(CCCc3cc(Cl)ccc32)COc2ccc(C(=O)O)cc21. The molecule has 0 bridgehead atoms. The molecular formula is C30H36BrClN2O6S. The van der Waals surface area contributed by atoms with Crippen molar-refractivity contribution in [2.75, 3.05) is 30.3 Å². The number of halogens is 2. The molecule has 5 rings (SSSR count). The molecule has 2 aromatic rings. The van der Waals surface area contributed by atoms with Gasteiger partial charge in [0.2, 0.25) is 10.0 Å². The number of nitrogens with zero attached hydrogens (tertiary/aromatic N) is 1. The van der Waals surface area contributed by atoms with E-state index in [-0.39, 0.29) is 28.6 Å². The number of aliphatic hydroxyl groups is 1. The van der Waals surface area contributed by atoms with Crippen molar-refractivity contribution in [2.45, 2.75) is 56.5 Å². The molecule has 4 N–H and O–H groups in total. The van der Waals surface area contributed by atoms with Crippen molar-refractivity contribution in [1.82, 2.24) is 0 Å². The summed E-state index contributed by atoms with van der Waals surface area (Å²) in [5.41, 5.74) is 3.17. The summed E-state index contributed by atoms with van der Waals surface area (Å²) in [4.78, 5) is 14.1. The lowest BCUT2D eigenvalue weighted by molar-refractivity contribution is 0.0455. The summed E-state index contributed by atoms with van der Waals surface area (Å²) >= 11 is 9.83. The summed E-state index contributed by atoms with van der Waals surface area (Å²) in [6.07, 6.45) is 6.68. The first-order valence-corrected chi connectivity index (χ1v) is 16.9. The van der Waals surface area contributed by atoms with Crippen LogP contribution in [-0.4, -0.2) is 56.2 Å². The van der Waals surface area contributed by atoms with E-state index in [2.05, 4.69) is 26.9 Å². The van der Waals surface area contributed by atoms with E-state index in [1.807, 2.05) is 12.1 Å². The summed E-state index contributed by atoms with van der Waals surface area (Å²) in [7, 11) is -3.52. The first kappa shape index (κ1) is 30.4. The van der Waals surface area contributed by atoms with Gasteiger partial charge in [0.1, 0.15) is 5.75 Å². The van der Waals surface area contributed by atoms with Crippen LogP contribution in [0.4, 0.5) is 5.69 Å². The topological polar surface area (TPSA) is 130 Å². The second-order valence-electron chi connectivity index (χ2n) is 11.7. The van der Waals surface area contributed by atoms with Crippen LogP contribution < -0.4 is 14.8 Å². The van der Waals surface area contributed by atoms with Gasteiger partial charge >= 0.3 is 5.97 Å².